The van der Waals surface area contributed by atoms with Gasteiger partial charge < -0.3 is 5.32 Å². The van der Waals surface area contributed by atoms with Gasteiger partial charge in [0.2, 0.25) is 0 Å². The standard InChI is InChI=1S/C14H22N4O/c1-9(2)16-13(19)12-11(14(3,4)5)10-8-15-6-7-18(10)17-12/h8-9H,6-7H2,1-5H3,(H,16,19). The maximum atomic E-state index is 12.3. The summed E-state index contributed by atoms with van der Waals surface area (Å²) in [5.74, 6) is -0.102. The molecule has 5 nitrogen and oxygen atoms in total. The molecular formula is C14H22N4O. The molecule has 0 spiro atoms. The molecule has 0 unspecified atom stereocenters. The largest absolute Gasteiger partial charge is 0.348 e. The van der Waals surface area contributed by atoms with E-state index in [2.05, 4.69) is 36.2 Å². The van der Waals surface area contributed by atoms with Crippen LogP contribution in [0.2, 0.25) is 0 Å². The first-order valence-corrected chi connectivity index (χ1v) is 6.72. The van der Waals surface area contributed by atoms with Crippen LogP contribution in [0.4, 0.5) is 0 Å². The SMILES string of the molecule is CC(C)NC(=O)c1nn2c(c1C(C)(C)C)C=NCC2. The molecule has 0 aliphatic carbocycles. The van der Waals surface area contributed by atoms with E-state index in [1.165, 1.54) is 0 Å². The van der Waals surface area contributed by atoms with Crippen LogP contribution in [0.3, 0.4) is 0 Å². The molecule has 1 aromatic rings. The fourth-order valence-corrected chi connectivity index (χ4v) is 2.31. The zero-order chi connectivity index (χ0) is 14.2. The second kappa shape index (κ2) is 4.79. The van der Waals surface area contributed by atoms with Gasteiger partial charge in [-0.05, 0) is 19.3 Å². The molecule has 0 atom stereocenters. The number of aliphatic imine (C=N–C) groups is 1. The van der Waals surface area contributed by atoms with Crippen molar-refractivity contribution in [3.8, 4) is 0 Å². The summed E-state index contributed by atoms with van der Waals surface area (Å²) in [4.78, 5) is 16.6. The van der Waals surface area contributed by atoms with E-state index >= 15 is 0 Å². The Morgan fingerprint density at radius 3 is 2.68 bits per heavy atom. The van der Waals surface area contributed by atoms with Crippen molar-refractivity contribution in [2.24, 2.45) is 4.99 Å². The van der Waals surface area contributed by atoms with Crippen molar-refractivity contribution < 1.29 is 4.79 Å². The van der Waals surface area contributed by atoms with Gasteiger partial charge in [0.15, 0.2) is 5.69 Å². The number of rotatable bonds is 2. The van der Waals surface area contributed by atoms with Gasteiger partial charge in [0, 0.05) is 17.8 Å². The third-order valence-electron chi connectivity index (χ3n) is 3.03. The van der Waals surface area contributed by atoms with Crippen molar-refractivity contribution in [1.29, 1.82) is 0 Å². The Morgan fingerprint density at radius 2 is 2.11 bits per heavy atom. The molecule has 0 bridgehead atoms. The summed E-state index contributed by atoms with van der Waals surface area (Å²) in [6, 6.07) is 0.104. The highest BCUT2D eigenvalue weighted by atomic mass is 16.2. The van der Waals surface area contributed by atoms with Crippen LogP contribution in [-0.4, -0.2) is 34.5 Å². The Balaban J connectivity index is 2.52. The molecule has 1 aliphatic heterocycles. The zero-order valence-electron chi connectivity index (χ0n) is 12.3. The summed E-state index contributed by atoms with van der Waals surface area (Å²) in [5.41, 5.74) is 2.34. The third-order valence-corrected chi connectivity index (χ3v) is 3.03. The van der Waals surface area contributed by atoms with Crippen molar-refractivity contribution in [2.45, 2.75) is 52.6 Å². The normalized spacial score (nSPS) is 14.6. The second-order valence-corrected chi connectivity index (χ2v) is 6.25. The summed E-state index contributed by atoms with van der Waals surface area (Å²) in [7, 11) is 0. The highest BCUT2D eigenvalue weighted by Crippen LogP contribution is 2.29. The maximum absolute atomic E-state index is 12.3. The predicted octanol–water partition coefficient (Wildman–Crippen LogP) is 1.75. The van der Waals surface area contributed by atoms with Crippen LogP contribution in [0.25, 0.3) is 0 Å². The molecule has 0 aromatic carbocycles. The van der Waals surface area contributed by atoms with E-state index < -0.39 is 0 Å². The molecule has 5 heteroatoms. The number of aromatic nitrogens is 2. The van der Waals surface area contributed by atoms with Crippen molar-refractivity contribution in [2.75, 3.05) is 6.54 Å². The number of hydrogen-bond acceptors (Lipinski definition) is 3. The van der Waals surface area contributed by atoms with Gasteiger partial charge in [-0.1, -0.05) is 20.8 Å². The lowest BCUT2D eigenvalue weighted by Crippen LogP contribution is -2.32. The van der Waals surface area contributed by atoms with E-state index in [9.17, 15) is 4.79 Å². The lowest BCUT2D eigenvalue weighted by molar-refractivity contribution is 0.0935. The molecule has 0 radical (unpaired) electrons. The van der Waals surface area contributed by atoms with Crippen LogP contribution in [0.1, 0.15) is 56.4 Å². The van der Waals surface area contributed by atoms with E-state index in [1.54, 1.807) is 0 Å². The average Bonchev–Trinajstić information content (AvgIpc) is 2.66. The van der Waals surface area contributed by atoms with Gasteiger partial charge in [-0.3, -0.25) is 14.5 Å². The van der Waals surface area contributed by atoms with Gasteiger partial charge in [-0.15, -0.1) is 0 Å². The first-order valence-electron chi connectivity index (χ1n) is 6.72. The number of hydrogen-bond donors (Lipinski definition) is 1. The number of amides is 1. The Morgan fingerprint density at radius 1 is 1.42 bits per heavy atom. The van der Waals surface area contributed by atoms with Crippen LogP contribution in [0.15, 0.2) is 4.99 Å². The van der Waals surface area contributed by atoms with Crippen LogP contribution in [-0.2, 0) is 12.0 Å². The lowest BCUT2D eigenvalue weighted by Gasteiger charge is -2.21. The van der Waals surface area contributed by atoms with Crippen LogP contribution >= 0.6 is 0 Å². The fraction of sp³-hybridized carbons (Fsp3) is 0.643. The fourth-order valence-electron chi connectivity index (χ4n) is 2.31. The first-order chi connectivity index (χ1) is 8.80. The number of nitrogens with zero attached hydrogens (tertiary/aromatic N) is 3. The van der Waals surface area contributed by atoms with Crippen molar-refractivity contribution >= 4 is 12.1 Å². The molecule has 1 N–H and O–H groups in total. The Bertz CT molecular complexity index is 520. The van der Waals surface area contributed by atoms with Gasteiger partial charge in [0.25, 0.3) is 5.91 Å². The quantitative estimate of drug-likeness (QED) is 0.882. The number of carbonyl (C=O) groups excluding carboxylic acids is 1. The molecule has 19 heavy (non-hydrogen) atoms. The summed E-state index contributed by atoms with van der Waals surface area (Å²) >= 11 is 0. The number of fused-ring (bicyclic) bond motifs is 1. The summed E-state index contributed by atoms with van der Waals surface area (Å²) in [6.07, 6.45) is 1.84. The smallest absolute Gasteiger partial charge is 0.272 e. The maximum Gasteiger partial charge on any atom is 0.272 e. The molecule has 1 aliphatic rings. The van der Waals surface area contributed by atoms with Gasteiger partial charge >= 0.3 is 0 Å². The van der Waals surface area contributed by atoms with E-state index in [1.807, 2.05) is 24.7 Å². The summed E-state index contributed by atoms with van der Waals surface area (Å²) < 4.78 is 1.89. The molecule has 104 valence electrons. The Labute approximate surface area is 114 Å². The van der Waals surface area contributed by atoms with E-state index in [0.29, 0.717) is 5.69 Å². The molecule has 0 saturated heterocycles. The average molecular weight is 262 g/mol. The van der Waals surface area contributed by atoms with Gasteiger partial charge in [0.1, 0.15) is 0 Å². The molecule has 2 heterocycles. The number of carbonyl (C=O) groups is 1. The molecular weight excluding hydrogens is 240 g/mol. The molecule has 0 fully saturated rings. The van der Waals surface area contributed by atoms with Crippen molar-refractivity contribution in [3.63, 3.8) is 0 Å². The van der Waals surface area contributed by atoms with Gasteiger partial charge in [-0.25, -0.2) is 0 Å². The molecule has 0 saturated carbocycles. The van der Waals surface area contributed by atoms with Crippen LogP contribution in [0.5, 0.6) is 0 Å². The van der Waals surface area contributed by atoms with E-state index in [0.717, 1.165) is 24.3 Å². The third kappa shape index (κ3) is 2.69. The van der Waals surface area contributed by atoms with E-state index in [4.69, 9.17) is 0 Å². The Hall–Kier alpha value is -1.65. The van der Waals surface area contributed by atoms with Crippen LogP contribution in [0, 0.1) is 0 Å². The number of nitrogens with one attached hydrogen (secondary N) is 1. The van der Waals surface area contributed by atoms with E-state index in [-0.39, 0.29) is 17.4 Å². The predicted molar refractivity (Wildman–Crippen MR) is 76.0 cm³/mol. The summed E-state index contributed by atoms with van der Waals surface area (Å²) in [6.45, 7) is 11.7. The molecule has 2 rings (SSSR count). The van der Waals surface area contributed by atoms with Crippen molar-refractivity contribution in [1.82, 2.24) is 15.1 Å². The second-order valence-electron chi connectivity index (χ2n) is 6.25. The molecule has 1 aromatic heterocycles. The minimum atomic E-state index is -0.138. The minimum Gasteiger partial charge on any atom is -0.348 e. The van der Waals surface area contributed by atoms with Gasteiger partial charge in [0.05, 0.1) is 18.8 Å². The highest BCUT2D eigenvalue weighted by molar-refractivity contribution is 5.97. The Kier molecular flexibility index (Phi) is 3.47. The van der Waals surface area contributed by atoms with Gasteiger partial charge in [-0.2, -0.15) is 5.10 Å². The highest BCUT2D eigenvalue weighted by Gasteiger charge is 2.31. The minimum absolute atomic E-state index is 0.102. The van der Waals surface area contributed by atoms with Crippen molar-refractivity contribution in [3.05, 3.63) is 17.0 Å². The molecule has 1 amide bonds. The van der Waals surface area contributed by atoms with Crippen LogP contribution < -0.4 is 5.32 Å². The summed E-state index contributed by atoms with van der Waals surface area (Å²) in [5, 5.41) is 7.40. The first kappa shape index (κ1) is 13.8. The zero-order valence-corrected chi connectivity index (χ0v) is 12.3. The monoisotopic (exact) mass is 262 g/mol. The lowest BCUT2D eigenvalue weighted by atomic mass is 9.84. The topological polar surface area (TPSA) is 59.3 Å².